The molecule has 0 fully saturated rings. The lowest BCUT2D eigenvalue weighted by Crippen LogP contribution is -1.95. The molecule has 0 saturated carbocycles. The van der Waals surface area contributed by atoms with Crippen molar-refractivity contribution in [3.8, 4) is 17.3 Å². The molecule has 4 heteroatoms. The summed E-state index contributed by atoms with van der Waals surface area (Å²) in [7, 11) is 1.53. The molecule has 0 spiro atoms. The van der Waals surface area contributed by atoms with Gasteiger partial charge in [-0.05, 0) is 16.8 Å². The highest BCUT2D eigenvalue weighted by atomic mass is 16.5. The molecule has 18 heavy (non-hydrogen) atoms. The van der Waals surface area contributed by atoms with Crippen LogP contribution in [-0.2, 0) is 0 Å². The van der Waals surface area contributed by atoms with E-state index in [4.69, 9.17) is 4.74 Å². The van der Waals surface area contributed by atoms with Crippen LogP contribution in [0.15, 0.2) is 48.7 Å². The lowest BCUT2D eigenvalue weighted by molar-refractivity contribution is 0.374. The van der Waals surface area contributed by atoms with Crippen molar-refractivity contribution >= 4 is 10.8 Å². The van der Waals surface area contributed by atoms with Gasteiger partial charge >= 0.3 is 6.01 Å². The van der Waals surface area contributed by atoms with Gasteiger partial charge in [0.05, 0.1) is 19.0 Å². The Hall–Kier alpha value is -2.49. The quantitative estimate of drug-likeness (QED) is 0.687. The highest BCUT2D eigenvalue weighted by molar-refractivity contribution is 5.86. The number of methoxy groups -OCH3 is 1. The second-order valence-electron chi connectivity index (χ2n) is 3.89. The SMILES string of the molecule is COc1nncc(-c2ccc3ccccc3c2)n1. The number of nitrogens with zero attached hydrogens (tertiary/aromatic N) is 3. The number of ether oxygens (including phenoxy) is 1. The number of hydrogen-bond donors (Lipinski definition) is 0. The van der Waals surface area contributed by atoms with E-state index in [1.54, 1.807) is 6.20 Å². The van der Waals surface area contributed by atoms with Gasteiger partial charge in [0.15, 0.2) is 0 Å². The normalized spacial score (nSPS) is 10.5. The van der Waals surface area contributed by atoms with Gasteiger partial charge in [0.2, 0.25) is 0 Å². The standard InChI is InChI=1S/C14H11N3O/c1-18-14-16-13(9-15-17-14)12-7-6-10-4-2-3-5-11(10)8-12/h2-9H,1H3. The summed E-state index contributed by atoms with van der Waals surface area (Å²) in [6.45, 7) is 0. The maximum atomic E-state index is 4.98. The Balaban J connectivity index is 2.13. The average Bonchev–Trinajstić information content (AvgIpc) is 2.47. The van der Waals surface area contributed by atoms with Gasteiger partial charge in [-0.1, -0.05) is 41.5 Å². The maximum absolute atomic E-state index is 4.98. The second kappa shape index (κ2) is 4.41. The Labute approximate surface area is 104 Å². The van der Waals surface area contributed by atoms with Gasteiger partial charge in [0.1, 0.15) is 0 Å². The van der Waals surface area contributed by atoms with E-state index in [1.165, 1.54) is 17.9 Å². The van der Waals surface area contributed by atoms with E-state index >= 15 is 0 Å². The van der Waals surface area contributed by atoms with Crippen LogP contribution in [0.5, 0.6) is 6.01 Å². The molecule has 1 heterocycles. The molecule has 0 unspecified atom stereocenters. The fraction of sp³-hybridized carbons (Fsp3) is 0.0714. The first-order chi connectivity index (χ1) is 8.86. The van der Waals surface area contributed by atoms with Crippen molar-refractivity contribution in [3.05, 3.63) is 48.7 Å². The van der Waals surface area contributed by atoms with Crippen molar-refractivity contribution in [2.75, 3.05) is 7.11 Å². The van der Waals surface area contributed by atoms with E-state index in [0.29, 0.717) is 0 Å². The summed E-state index contributed by atoms with van der Waals surface area (Å²) in [6, 6.07) is 14.6. The second-order valence-corrected chi connectivity index (χ2v) is 3.89. The van der Waals surface area contributed by atoms with Crippen molar-refractivity contribution in [3.63, 3.8) is 0 Å². The molecular weight excluding hydrogens is 226 g/mol. The van der Waals surface area contributed by atoms with Crippen molar-refractivity contribution in [2.24, 2.45) is 0 Å². The zero-order valence-electron chi connectivity index (χ0n) is 9.87. The van der Waals surface area contributed by atoms with Crippen LogP contribution in [-0.4, -0.2) is 22.3 Å². The van der Waals surface area contributed by atoms with Gasteiger partial charge in [-0.15, -0.1) is 0 Å². The fourth-order valence-electron chi connectivity index (χ4n) is 1.86. The van der Waals surface area contributed by atoms with Crippen LogP contribution in [0.3, 0.4) is 0 Å². The smallest absolute Gasteiger partial charge is 0.335 e. The van der Waals surface area contributed by atoms with Gasteiger partial charge < -0.3 is 4.74 Å². The molecule has 0 aliphatic heterocycles. The molecule has 0 aliphatic carbocycles. The molecular formula is C14H11N3O. The van der Waals surface area contributed by atoms with Crippen molar-refractivity contribution in [1.29, 1.82) is 0 Å². The Morgan fingerprint density at radius 3 is 2.67 bits per heavy atom. The largest absolute Gasteiger partial charge is 0.466 e. The minimum absolute atomic E-state index is 0.278. The summed E-state index contributed by atoms with van der Waals surface area (Å²) >= 11 is 0. The summed E-state index contributed by atoms with van der Waals surface area (Å²) in [5, 5.41) is 10.0. The summed E-state index contributed by atoms with van der Waals surface area (Å²) < 4.78 is 4.98. The molecule has 0 amide bonds. The van der Waals surface area contributed by atoms with E-state index in [-0.39, 0.29) is 6.01 Å². The zero-order valence-corrected chi connectivity index (χ0v) is 9.87. The molecule has 2 aromatic carbocycles. The van der Waals surface area contributed by atoms with Crippen molar-refractivity contribution in [1.82, 2.24) is 15.2 Å². The molecule has 4 nitrogen and oxygen atoms in total. The summed E-state index contributed by atoms with van der Waals surface area (Å²) in [5.74, 6) is 0. The third-order valence-corrected chi connectivity index (χ3v) is 2.77. The minimum atomic E-state index is 0.278. The average molecular weight is 237 g/mol. The van der Waals surface area contributed by atoms with Gasteiger partial charge in [0.25, 0.3) is 0 Å². The Bertz CT molecular complexity index is 697. The van der Waals surface area contributed by atoms with Crippen LogP contribution in [0.25, 0.3) is 22.0 Å². The van der Waals surface area contributed by atoms with Crippen LogP contribution in [0, 0.1) is 0 Å². The Kier molecular flexibility index (Phi) is 2.61. The number of aromatic nitrogens is 3. The lowest BCUT2D eigenvalue weighted by Gasteiger charge is -2.03. The monoisotopic (exact) mass is 237 g/mol. The third-order valence-electron chi connectivity index (χ3n) is 2.77. The molecule has 0 aliphatic rings. The van der Waals surface area contributed by atoms with Crippen LogP contribution in [0.2, 0.25) is 0 Å². The molecule has 0 bridgehead atoms. The Morgan fingerprint density at radius 1 is 1.00 bits per heavy atom. The molecule has 0 N–H and O–H groups in total. The van der Waals surface area contributed by atoms with Gasteiger partial charge in [0, 0.05) is 5.56 Å². The molecule has 88 valence electrons. The van der Waals surface area contributed by atoms with Crippen LogP contribution in [0.1, 0.15) is 0 Å². The maximum Gasteiger partial charge on any atom is 0.335 e. The predicted molar refractivity (Wildman–Crippen MR) is 69.3 cm³/mol. The summed E-state index contributed by atoms with van der Waals surface area (Å²) in [6.07, 6.45) is 1.63. The summed E-state index contributed by atoms with van der Waals surface area (Å²) in [4.78, 5) is 4.27. The Morgan fingerprint density at radius 2 is 1.83 bits per heavy atom. The third kappa shape index (κ3) is 1.88. The van der Waals surface area contributed by atoms with E-state index < -0.39 is 0 Å². The van der Waals surface area contributed by atoms with Crippen molar-refractivity contribution < 1.29 is 4.74 Å². The number of fused-ring (bicyclic) bond motifs is 1. The molecule has 1 aromatic heterocycles. The lowest BCUT2D eigenvalue weighted by atomic mass is 10.1. The highest BCUT2D eigenvalue weighted by Crippen LogP contribution is 2.23. The fourth-order valence-corrected chi connectivity index (χ4v) is 1.86. The number of benzene rings is 2. The molecule has 3 aromatic rings. The van der Waals surface area contributed by atoms with Crippen LogP contribution < -0.4 is 4.74 Å². The van der Waals surface area contributed by atoms with E-state index in [1.807, 2.05) is 18.2 Å². The zero-order chi connectivity index (χ0) is 12.4. The molecule has 3 rings (SSSR count). The highest BCUT2D eigenvalue weighted by Gasteiger charge is 2.04. The van der Waals surface area contributed by atoms with Gasteiger partial charge in [-0.2, -0.15) is 10.1 Å². The molecule has 0 saturated heterocycles. The first-order valence-electron chi connectivity index (χ1n) is 5.60. The van der Waals surface area contributed by atoms with E-state index in [0.717, 1.165) is 11.3 Å². The topological polar surface area (TPSA) is 47.9 Å². The molecule has 0 radical (unpaired) electrons. The predicted octanol–water partition coefficient (Wildman–Crippen LogP) is 2.70. The van der Waals surface area contributed by atoms with E-state index in [2.05, 4.69) is 39.4 Å². The molecule has 0 atom stereocenters. The summed E-state index contributed by atoms with van der Waals surface area (Å²) in [5.41, 5.74) is 1.76. The van der Waals surface area contributed by atoms with Crippen molar-refractivity contribution in [2.45, 2.75) is 0 Å². The van der Waals surface area contributed by atoms with Gasteiger partial charge in [-0.25, -0.2) is 0 Å². The van der Waals surface area contributed by atoms with Crippen LogP contribution in [0.4, 0.5) is 0 Å². The first-order valence-corrected chi connectivity index (χ1v) is 5.60. The van der Waals surface area contributed by atoms with Crippen LogP contribution >= 0.6 is 0 Å². The van der Waals surface area contributed by atoms with E-state index in [9.17, 15) is 0 Å². The first kappa shape index (κ1) is 10.7. The number of hydrogen-bond acceptors (Lipinski definition) is 4. The van der Waals surface area contributed by atoms with Gasteiger partial charge in [-0.3, -0.25) is 0 Å². The number of rotatable bonds is 2. The minimum Gasteiger partial charge on any atom is -0.466 e.